The van der Waals surface area contributed by atoms with Crippen molar-refractivity contribution in [1.29, 1.82) is 0 Å². The Labute approximate surface area is 164 Å². The molecule has 0 heterocycles. The molecule has 0 unspecified atom stereocenters. The predicted molar refractivity (Wildman–Crippen MR) is 109 cm³/mol. The van der Waals surface area contributed by atoms with Gasteiger partial charge in [-0.25, -0.2) is 8.42 Å². The molecule has 0 aliphatic heterocycles. The van der Waals surface area contributed by atoms with Crippen LogP contribution in [0.4, 0.5) is 5.69 Å². The molecule has 0 aliphatic rings. The molecule has 0 radical (unpaired) electrons. The van der Waals surface area contributed by atoms with E-state index in [1.165, 1.54) is 16.4 Å². The molecule has 0 aromatic heterocycles. The molecule has 0 atom stereocenters. The summed E-state index contributed by atoms with van der Waals surface area (Å²) in [6, 6.07) is 21.9. The number of aryl methyl sites for hydroxylation is 1. The summed E-state index contributed by atoms with van der Waals surface area (Å²) in [4.78, 5) is 10.8. The minimum atomic E-state index is -3.78. The quantitative estimate of drug-likeness (QED) is 0.587. The number of rotatable bonds is 8. The molecule has 3 aromatic carbocycles. The van der Waals surface area contributed by atoms with Gasteiger partial charge in [0.15, 0.2) is 0 Å². The lowest BCUT2D eigenvalue weighted by Crippen LogP contribution is -2.30. The Bertz CT molecular complexity index is 1010. The van der Waals surface area contributed by atoms with E-state index < -0.39 is 10.0 Å². The van der Waals surface area contributed by atoms with Crippen LogP contribution >= 0.6 is 0 Å². The Morgan fingerprint density at radius 2 is 1.43 bits per heavy atom. The number of nitrogens with zero attached hydrogens (tertiary/aromatic N) is 1. The van der Waals surface area contributed by atoms with Gasteiger partial charge in [-0.2, -0.15) is 0 Å². The topological polar surface area (TPSA) is 74.7 Å². The van der Waals surface area contributed by atoms with Crippen LogP contribution in [0.25, 0.3) is 0 Å². The van der Waals surface area contributed by atoms with Crippen LogP contribution in [0, 0.1) is 0 Å². The zero-order chi connectivity index (χ0) is 20.0. The number of carbonyl (C=O) groups excluding carboxylic acids is 1. The third-order valence-corrected chi connectivity index (χ3v) is 6.16. The maximum atomic E-state index is 13.3. The van der Waals surface area contributed by atoms with Crippen molar-refractivity contribution in [3.05, 3.63) is 90.0 Å². The first-order valence-corrected chi connectivity index (χ1v) is 10.3. The minimum Gasteiger partial charge on any atom is -0.508 e. The lowest BCUT2D eigenvalue weighted by Gasteiger charge is -2.25. The van der Waals surface area contributed by atoms with Gasteiger partial charge in [0.25, 0.3) is 10.0 Å². The van der Waals surface area contributed by atoms with E-state index in [4.69, 9.17) is 0 Å². The SMILES string of the molecule is O=CCCc1ccc(N(Cc2ccc(O)cc2)S(=O)(=O)c2ccccc2)cc1. The zero-order valence-corrected chi connectivity index (χ0v) is 16.0. The Morgan fingerprint density at radius 1 is 0.821 bits per heavy atom. The highest BCUT2D eigenvalue weighted by molar-refractivity contribution is 7.92. The van der Waals surface area contributed by atoms with E-state index in [0.717, 1.165) is 17.4 Å². The summed E-state index contributed by atoms with van der Waals surface area (Å²) in [5.41, 5.74) is 2.26. The number of benzene rings is 3. The molecular weight excluding hydrogens is 374 g/mol. The summed E-state index contributed by atoms with van der Waals surface area (Å²) in [5, 5.41) is 9.49. The van der Waals surface area contributed by atoms with Crippen LogP contribution in [0.1, 0.15) is 17.5 Å². The van der Waals surface area contributed by atoms with E-state index in [9.17, 15) is 18.3 Å². The summed E-state index contributed by atoms with van der Waals surface area (Å²) in [6.45, 7) is 0.130. The number of phenolic OH excluding ortho intramolecular Hbond substituents is 1. The minimum absolute atomic E-state index is 0.126. The summed E-state index contributed by atoms with van der Waals surface area (Å²) >= 11 is 0. The third-order valence-electron chi connectivity index (χ3n) is 4.37. The van der Waals surface area contributed by atoms with E-state index in [1.807, 2.05) is 12.1 Å². The fourth-order valence-corrected chi connectivity index (χ4v) is 4.33. The van der Waals surface area contributed by atoms with E-state index in [-0.39, 0.29) is 17.2 Å². The average molecular weight is 395 g/mol. The van der Waals surface area contributed by atoms with Gasteiger partial charge >= 0.3 is 0 Å². The van der Waals surface area contributed by atoms with Crippen molar-refractivity contribution in [2.24, 2.45) is 0 Å². The van der Waals surface area contributed by atoms with Crippen molar-refractivity contribution in [2.45, 2.75) is 24.3 Å². The van der Waals surface area contributed by atoms with Crippen LogP contribution in [0.3, 0.4) is 0 Å². The molecule has 0 spiro atoms. The van der Waals surface area contributed by atoms with Gasteiger partial charge in [-0.1, -0.05) is 42.5 Å². The van der Waals surface area contributed by atoms with Crippen LogP contribution in [0.5, 0.6) is 5.75 Å². The van der Waals surface area contributed by atoms with Crippen LogP contribution < -0.4 is 4.31 Å². The number of phenols is 1. The maximum absolute atomic E-state index is 13.3. The molecule has 0 amide bonds. The first-order valence-electron chi connectivity index (χ1n) is 8.89. The lowest BCUT2D eigenvalue weighted by atomic mass is 10.1. The van der Waals surface area contributed by atoms with Crippen LogP contribution in [0.15, 0.2) is 83.8 Å². The number of hydrogen-bond donors (Lipinski definition) is 1. The number of sulfonamides is 1. The summed E-state index contributed by atoms with van der Waals surface area (Å²) < 4.78 is 27.9. The number of aldehydes is 1. The molecule has 3 aromatic rings. The first-order chi connectivity index (χ1) is 13.5. The standard InChI is InChI=1S/C22H21NO4S/c24-16-4-5-18-8-12-20(13-9-18)23(17-19-10-14-21(25)15-11-19)28(26,27)22-6-2-1-3-7-22/h1-3,6-16,25H,4-5,17H2. The molecule has 6 heteroatoms. The number of aromatic hydroxyl groups is 1. The molecule has 0 saturated carbocycles. The molecule has 0 saturated heterocycles. The van der Waals surface area contributed by atoms with Crippen molar-refractivity contribution >= 4 is 22.0 Å². The highest BCUT2D eigenvalue weighted by Crippen LogP contribution is 2.27. The monoisotopic (exact) mass is 395 g/mol. The predicted octanol–water partition coefficient (Wildman–Crippen LogP) is 3.92. The summed E-state index contributed by atoms with van der Waals surface area (Å²) in [5.74, 6) is 0.126. The Kier molecular flexibility index (Phi) is 6.11. The second-order valence-corrected chi connectivity index (χ2v) is 8.23. The van der Waals surface area contributed by atoms with E-state index >= 15 is 0 Å². The number of carbonyl (C=O) groups is 1. The van der Waals surface area contributed by atoms with Crippen molar-refractivity contribution in [3.8, 4) is 5.75 Å². The fourth-order valence-electron chi connectivity index (χ4n) is 2.86. The van der Waals surface area contributed by atoms with Crippen molar-refractivity contribution in [3.63, 3.8) is 0 Å². The Morgan fingerprint density at radius 3 is 2.04 bits per heavy atom. The van der Waals surface area contributed by atoms with Crippen molar-refractivity contribution in [2.75, 3.05) is 4.31 Å². The van der Waals surface area contributed by atoms with Gasteiger partial charge in [0.1, 0.15) is 12.0 Å². The van der Waals surface area contributed by atoms with Gasteiger partial charge in [-0.3, -0.25) is 4.31 Å². The second kappa shape index (κ2) is 8.71. The molecule has 144 valence electrons. The van der Waals surface area contributed by atoms with Gasteiger partial charge in [0.05, 0.1) is 17.1 Å². The summed E-state index contributed by atoms with van der Waals surface area (Å²) in [6.07, 6.45) is 1.91. The second-order valence-electron chi connectivity index (χ2n) is 6.36. The average Bonchev–Trinajstić information content (AvgIpc) is 2.73. The van der Waals surface area contributed by atoms with Crippen LogP contribution in [-0.4, -0.2) is 19.8 Å². The fraction of sp³-hybridized carbons (Fsp3) is 0.136. The molecular formula is C22H21NO4S. The zero-order valence-electron chi connectivity index (χ0n) is 15.2. The molecule has 5 nitrogen and oxygen atoms in total. The van der Waals surface area contributed by atoms with Gasteiger partial charge in [-0.05, 0) is 53.9 Å². The van der Waals surface area contributed by atoms with Gasteiger partial charge in [-0.15, -0.1) is 0 Å². The summed E-state index contributed by atoms with van der Waals surface area (Å²) in [7, 11) is -3.78. The highest BCUT2D eigenvalue weighted by Gasteiger charge is 2.25. The van der Waals surface area contributed by atoms with Gasteiger partial charge in [0.2, 0.25) is 0 Å². The van der Waals surface area contributed by atoms with Crippen molar-refractivity contribution in [1.82, 2.24) is 0 Å². The molecule has 0 aliphatic carbocycles. The van der Waals surface area contributed by atoms with Gasteiger partial charge < -0.3 is 9.90 Å². The Hall–Kier alpha value is -3.12. The Balaban J connectivity index is 1.98. The number of anilines is 1. The number of hydrogen-bond acceptors (Lipinski definition) is 4. The van der Waals surface area contributed by atoms with Crippen LogP contribution in [-0.2, 0) is 27.8 Å². The highest BCUT2D eigenvalue weighted by atomic mass is 32.2. The van der Waals surface area contributed by atoms with E-state index in [1.54, 1.807) is 54.6 Å². The molecule has 28 heavy (non-hydrogen) atoms. The van der Waals surface area contributed by atoms with Crippen LogP contribution in [0.2, 0.25) is 0 Å². The smallest absolute Gasteiger partial charge is 0.264 e. The molecule has 0 bridgehead atoms. The molecule has 3 rings (SSSR count). The lowest BCUT2D eigenvalue weighted by molar-refractivity contribution is -0.107. The van der Waals surface area contributed by atoms with E-state index in [2.05, 4.69) is 0 Å². The van der Waals surface area contributed by atoms with Crippen molar-refractivity contribution < 1.29 is 18.3 Å². The largest absolute Gasteiger partial charge is 0.508 e. The van der Waals surface area contributed by atoms with E-state index in [0.29, 0.717) is 18.5 Å². The molecule has 1 N–H and O–H groups in total. The first kappa shape index (κ1) is 19.6. The molecule has 0 fully saturated rings. The third kappa shape index (κ3) is 4.58. The van der Waals surface area contributed by atoms with Gasteiger partial charge in [0, 0.05) is 6.42 Å². The maximum Gasteiger partial charge on any atom is 0.264 e. The normalized spacial score (nSPS) is 11.1.